The number of benzene rings is 3. The van der Waals surface area contributed by atoms with E-state index < -0.39 is 5.91 Å². The molecule has 5 heteroatoms. The van der Waals surface area contributed by atoms with Crippen molar-refractivity contribution in [2.75, 3.05) is 12.4 Å². The molecule has 29 heavy (non-hydrogen) atoms. The Morgan fingerprint density at radius 2 is 1.52 bits per heavy atom. The van der Waals surface area contributed by atoms with Crippen molar-refractivity contribution in [1.82, 2.24) is 5.32 Å². The highest BCUT2D eigenvalue weighted by molar-refractivity contribution is 6.10. The van der Waals surface area contributed by atoms with Crippen molar-refractivity contribution in [2.24, 2.45) is 0 Å². The van der Waals surface area contributed by atoms with Crippen LogP contribution in [0.5, 0.6) is 5.75 Å². The van der Waals surface area contributed by atoms with E-state index in [-0.39, 0.29) is 11.6 Å². The van der Waals surface area contributed by atoms with Gasteiger partial charge in [-0.15, -0.1) is 0 Å². The summed E-state index contributed by atoms with van der Waals surface area (Å²) in [4.78, 5) is 25.6. The van der Waals surface area contributed by atoms with Crippen molar-refractivity contribution in [3.8, 4) is 5.75 Å². The number of hydrogen-bond acceptors (Lipinski definition) is 3. The van der Waals surface area contributed by atoms with Crippen LogP contribution in [0.4, 0.5) is 5.69 Å². The fraction of sp³-hybridized carbons (Fsp3) is 0.0833. The minimum absolute atomic E-state index is 0.146. The standard InChI is InChI=1S/C24H22N2O3/c1-17-8-6-7-11-21(17)25-24(28)22(16-18-12-14-20(29-2)15-13-18)26-23(27)19-9-4-3-5-10-19/h3-16H,1-2H3,(H,25,28)(H,26,27)/b22-16-. The highest BCUT2D eigenvalue weighted by Crippen LogP contribution is 2.17. The zero-order valence-corrected chi connectivity index (χ0v) is 16.3. The first kappa shape index (κ1) is 19.9. The summed E-state index contributed by atoms with van der Waals surface area (Å²) in [5, 5.41) is 5.59. The van der Waals surface area contributed by atoms with Crippen LogP contribution < -0.4 is 15.4 Å². The van der Waals surface area contributed by atoms with Gasteiger partial charge in [0.25, 0.3) is 11.8 Å². The summed E-state index contributed by atoms with van der Waals surface area (Å²) in [6.45, 7) is 1.91. The lowest BCUT2D eigenvalue weighted by Crippen LogP contribution is -2.30. The number of rotatable bonds is 6. The molecule has 0 atom stereocenters. The fourth-order valence-electron chi connectivity index (χ4n) is 2.71. The molecule has 0 aliphatic rings. The molecule has 3 aromatic carbocycles. The van der Waals surface area contributed by atoms with Crippen LogP contribution in [0.15, 0.2) is 84.6 Å². The van der Waals surface area contributed by atoms with E-state index in [1.807, 2.05) is 49.4 Å². The van der Waals surface area contributed by atoms with Crippen LogP contribution in [-0.4, -0.2) is 18.9 Å². The molecule has 0 radical (unpaired) electrons. The SMILES string of the molecule is COc1ccc(/C=C(\NC(=O)c2ccccc2)C(=O)Nc2ccccc2C)cc1. The number of hydrogen-bond donors (Lipinski definition) is 2. The molecule has 5 nitrogen and oxygen atoms in total. The molecule has 0 aliphatic heterocycles. The van der Waals surface area contributed by atoms with Crippen molar-refractivity contribution in [3.63, 3.8) is 0 Å². The summed E-state index contributed by atoms with van der Waals surface area (Å²) in [6.07, 6.45) is 1.63. The number of anilines is 1. The number of methoxy groups -OCH3 is 1. The highest BCUT2D eigenvalue weighted by Gasteiger charge is 2.15. The second-order valence-corrected chi connectivity index (χ2v) is 6.42. The lowest BCUT2D eigenvalue weighted by atomic mass is 10.1. The van der Waals surface area contributed by atoms with Gasteiger partial charge in [0.15, 0.2) is 0 Å². The number of carbonyl (C=O) groups is 2. The van der Waals surface area contributed by atoms with Crippen LogP contribution >= 0.6 is 0 Å². The molecular weight excluding hydrogens is 364 g/mol. The Balaban J connectivity index is 1.89. The molecule has 146 valence electrons. The molecule has 2 amide bonds. The van der Waals surface area contributed by atoms with Gasteiger partial charge < -0.3 is 15.4 Å². The number of nitrogens with one attached hydrogen (secondary N) is 2. The number of amides is 2. The van der Waals surface area contributed by atoms with Gasteiger partial charge in [0, 0.05) is 11.3 Å². The molecule has 0 fully saturated rings. The molecule has 3 aromatic rings. The zero-order valence-electron chi connectivity index (χ0n) is 16.3. The van der Waals surface area contributed by atoms with Crippen molar-refractivity contribution in [2.45, 2.75) is 6.92 Å². The van der Waals surface area contributed by atoms with Gasteiger partial charge in [0.1, 0.15) is 11.4 Å². The van der Waals surface area contributed by atoms with E-state index >= 15 is 0 Å². The average molecular weight is 386 g/mol. The molecule has 3 rings (SSSR count). The second-order valence-electron chi connectivity index (χ2n) is 6.42. The van der Waals surface area contributed by atoms with E-state index in [9.17, 15) is 9.59 Å². The maximum absolute atomic E-state index is 12.9. The molecule has 0 saturated heterocycles. The van der Waals surface area contributed by atoms with Gasteiger partial charge >= 0.3 is 0 Å². The fourth-order valence-corrected chi connectivity index (χ4v) is 2.71. The molecular formula is C24H22N2O3. The average Bonchev–Trinajstić information content (AvgIpc) is 2.76. The molecule has 0 aliphatic carbocycles. The van der Waals surface area contributed by atoms with E-state index in [2.05, 4.69) is 10.6 Å². The minimum atomic E-state index is -0.403. The van der Waals surface area contributed by atoms with Crippen molar-refractivity contribution < 1.29 is 14.3 Å². The summed E-state index contributed by atoms with van der Waals surface area (Å²) in [5.74, 6) is -0.0499. The van der Waals surface area contributed by atoms with Crippen LogP contribution in [0.1, 0.15) is 21.5 Å². The third-order valence-electron chi connectivity index (χ3n) is 4.35. The first-order chi connectivity index (χ1) is 14.1. The third kappa shape index (κ3) is 5.32. The molecule has 0 spiro atoms. The quantitative estimate of drug-likeness (QED) is 0.617. The smallest absolute Gasteiger partial charge is 0.272 e. The predicted octanol–water partition coefficient (Wildman–Crippen LogP) is 4.41. The first-order valence-corrected chi connectivity index (χ1v) is 9.16. The molecule has 0 heterocycles. The Labute approximate surface area is 170 Å². The Kier molecular flexibility index (Phi) is 6.43. The zero-order chi connectivity index (χ0) is 20.6. The monoisotopic (exact) mass is 386 g/mol. The van der Waals surface area contributed by atoms with Gasteiger partial charge in [0.2, 0.25) is 0 Å². The number of carbonyl (C=O) groups excluding carboxylic acids is 2. The molecule has 0 saturated carbocycles. The lowest BCUT2D eigenvalue weighted by Gasteiger charge is -2.13. The number of para-hydroxylation sites is 1. The summed E-state index contributed by atoms with van der Waals surface area (Å²) in [6, 6.07) is 23.4. The summed E-state index contributed by atoms with van der Waals surface area (Å²) in [7, 11) is 1.59. The topological polar surface area (TPSA) is 67.4 Å². The molecule has 0 bridgehead atoms. The first-order valence-electron chi connectivity index (χ1n) is 9.16. The largest absolute Gasteiger partial charge is 0.497 e. The minimum Gasteiger partial charge on any atom is -0.497 e. The van der Waals surface area contributed by atoms with Crippen LogP contribution in [0.2, 0.25) is 0 Å². The van der Waals surface area contributed by atoms with Gasteiger partial charge in [-0.05, 0) is 54.5 Å². The maximum Gasteiger partial charge on any atom is 0.272 e. The Morgan fingerprint density at radius 1 is 0.862 bits per heavy atom. The van der Waals surface area contributed by atoms with E-state index in [0.29, 0.717) is 17.0 Å². The number of aryl methyl sites for hydroxylation is 1. The number of ether oxygens (including phenoxy) is 1. The van der Waals surface area contributed by atoms with Gasteiger partial charge in [-0.2, -0.15) is 0 Å². The maximum atomic E-state index is 12.9. The van der Waals surface area contributed by atoms with Crippen LogP contribution in [0, 0.1) is 6.92 Å². The van der Waals surface area contributed by atoms with Crippen LogP contribution in [0.25, 0.3) is 6.08 Å². The van der Waals surface area contributed by atoms with Crippen molar-refractivity contribution in [3.05, 3.63) is 101 Å². The van der Waals surface area contributed by atoms with Crippen molar-refractivity contribution >= 4 is 23.6 Å². The van der Waals surface area contributed by atoms with E-state index in [1.54, 1.807) is 49.6 Å². The second kappa shape index (κ2) is 9.37. The van der Waals surface area contributed by atoms with Gasteiger partial charge in [-0.1, -0.05) is 48.5 Å². The predicted molar refractivity (Wildman–Crippen MR) is 115 cm³/mol. The summed E-state index contributed by atoms with van der Waals surface area (Å²) < 4.78 is 5.17. The molecule has 0 unspecified atom stereocenters. The Bertz CT molecular complexity index is 1030. The Morgan fingerprint density at radius 3 is 2.17 bits per heavy atom. The normalized spacial score (nSPS) is 10.9. The summed E-state index contributed by atoms with van der Waals surface area (Å²) >= 11 is 0. The van der Waals surface area contributed by atoms with Gasteiger partial charge in [-0.25, -0.2) is 0 Å². The van der Waals surface area contributed by atoms with E-state index in [1.165, 1.54) is 0 Å². The molecule has 0 aromatic heterocycles. The van der Waals surface area contributed by atoms with Gasteiger partial charge in [0.05, 0.1) is 7.11 Å². The van der Waals surface area contributed by atoms with Crippen LogP contribution in [0.3, 0.4) is 0 Å². The third-order valence-corrected chi connectivity index (χ3v) is 4.35. The summed E-state index contributed by atoms with van der Waals surface area (Å²) in [5.41, 5.74) is 2.99. The Hall–Kier alpha value is -3.86. The van der Waals surface area contributed by atoms with Gasteiger partial charge in [-0.3, -0.25) is 9.59 Å². The van der Waals surface area contributed by atoms with E-state index in [4.69, 9.17) is 4.74 Å². The van der Waals surface area contributed by atoms with E-state index in [0.717, 1.165) is 11.1 Å². The highest BCUT2D eigenvalue weighted by atomic mass is 16.5. The lowest BCUT2D eigenvalue weighted by molar-refractivity contribution is -0.113. The molecule has 2 N–H and O–H groups in total. The van der Waals surface area contributed by atoms with Crippen molar-refractivity contribution in [1.29, 1.82) is 0 Å². The van der Waals surface area contributed by atoms with Crippen LogP contribution in [-0.2, 0) is 4.79 Å².